The van der Waals surface area contributed by atoms with Gasteiger partial charge in [-0.1, -0.05) is 45.9 Å². The Morgan fingerprint density at radius 3 is 2.55 bits per heavy atom. The minimum Gasteiger partial charge on any atom is -0.444 e. The van der Waals surface area contributed by atoms with Crippen LogP contribution in [0.4, 0.5) is 5.69 Å². The predicted octanol–water partition coefficient (Wildman–Crippen LogP) is 4.02. The third-order valence-electron chi connectivity index (χ3n) is 3.53. The molecular formula is C18H24N2O2. The maximum Gasteiger partial charge on any atom is 0.232 e. The normalized spacial score (nSPS) is 11.5. The van der Waals surface area contributed by atoms with Crippen LogP contribution in [0.15, 0.2) is 28.7 Å². The molecular weight excluding hydrogens is 276 g/mol. The van der Waals surface area contributed by atoms with Gasteiger partial charge in [-0.2, -0.15) is 0 Å². The van der Waals surface area contributed by atoms with Gasteiger partial charge >= 0.3 is 0 Å². The number of nitrogens with one attached hydrogen (secondary N) is 1. The zero-order valence-electron chi connectivity index (χ0n) is 14.0. The van der Waals surface area contributed by atoms with Crippen molar-refractivity contribution in [2.75, 3.05) is 5.32 Å². The van der Waals surface area contributed by atoms with Crippen LogP contribution in [0.25, 0.3) is 0 Å². The average Bonchev–Trinajstić information content (AvgIpc) is 2.80. The van der Waals surface area contributed by atoms with Gasteiger partial charge in [-0.25, -0.2) is 4.98 Å². The van der Waals surface area contributed by atoms with E-state index in [2.05, 4.69) is 17.2 Å². The van der Waals surface area contributed by atoms with E-state index in [9.17, 15) is 4.79 Å². The van der Waals surface area contributed by atoms with Gasteiger partial charge in [0.2, 0.25) is 5.91 Å². The summed E-state index contributed by atoms with van der Waals surface area (Å²) in [6.45, 7) is 10.1. The summed E-state index contributed by atoms with van der Waals surface area (Å²) in [4.78, 5) is 16.7. The maximum absolute atomic E-state index is 12.3. The van der Waals surface area contributed by atoms with Crippen molar-refractivity contribution in [1.29, 1.82) is 0 Å². The number of anilines is 1. The number of aryl methyl sites for hydroxylation is 2. The smallest absolute Gasteiger partial charge is 0.232 e. The second-order valence-electron chi connectivity index (χ2n) is 6.51. The van der Waals surface area contributed by atoms with E-state index in [1.807, 2.05) is 52.0 Å². The van der Waals surface area contributed by atoms with E-state index in [1.54, 1.807) is 0 Å². The van der Waals surface area contributed by atoms with Crippen LogP contribution in [0.5, 0.6) is 0 Å². The number of hydrogen-bond acceptors (Lipinski definition) is 3. The van der Waals surface area contributed by atoms with Crippen molar-refractivity contribution >= 4 is 11.6 Å². The van der Waals surface area contributed by atoms with Crippen molar-refractivity contribution in [2.24, 2.45) is 0 Å². The van der Waals surface area contributed by atoms with Crippen LogP contribution >= 0.6 is 0 Å². The van der Waals surface area contributed by atoms with E-state index in [0.717, 1.165) is 23.4 Å². The number of nitrogens with zero attached hydrogens (tertiary/aromatic N) is 1. The number of oxazole rings is 1. The standard InChI is InChI=1S/C18H24N2O2/c1-6-13-9-7-8-10-14(13)20-16(21)11-15-12(2)19-17(22-15)18(3,4)5/h7-10H,6,11H2,1-5H3,(H,20,21). The van der Waals surface area contributed by atoms with Crippen LogP contribution in [0.3, 0.4) is 0 Å². The summed E-state index contributed by atoms with van der Waals surface area (Å²) in [6.07, 6.45) is 1.08. The SMILES string of the molecule is CCc1ccccc1NC(=O)Cc1oc(C(C)(C)C)nc1C. The number of rotatable bonds is 4. The highest BCUT2D eigenvalue weighted by molar-refractivity contribution is 5.92. The van der Waals surface area contributed by atoms with Crippen LogP contribution in [-0.4, -0.2) is 10.9 Å². The van der Waals surface area contributed by atoms with E-state index in [-0.39, 0.29) is 17.7 Å². The number of carbonyl (C=O) groups is 1. The lowest BCUT2D eigenvalue weighted by Crippen LogP contribution is -2.15. The molecule has 0 unspecified atom stereocenters. The first-order valence-electron chi connectivity index (χ1n) is 7.65. The third-order valence-corrected chi connectivity index (χ3v) is 3.53. The van der Waals surface area contributed by atoms with Gasteiger partial charge in [-0.15, -0.1) is 0 Å². The van der Waals surface area contributed by atoms with Crippen molar-refractivity contribution in [1.82, 2.24) is 4.98 Å². The molecule has 0 saturated carbocycles. The Morgan fingerprint density at radius 1 is 1.27 bits per heavy atom. The molecule has 118 valence electrons. The van der Waals surface area contributed by atoms with E-state index in [0.29, 0.717) is 11.7 Å². The highest BCUT2D eigenvalue weighted by atomic mass is 16.4. The molecule has 0 radical (unpaired) electrons. The van der Waals surface area contributed by atoms with Gasteiger partial charge < -0.3 is 9.73 Å². The number of benzene rings is 1. The molecule has 0 bridgehead atoms. The molecule has 0 saturated heterocycles. The number of hydrogen-bond donors (Lipinski definition) is 1. The van der Waals surface area contributed by atoms with Gasteiger partial charge in [-0.3, -0.25) is 4.79 Å². The molecule has 2 rings (SSSR count). The molecule has 1 aromatic carbocycles. The Hall–Kier alpha value is -2.10. The topological polar surface area (TPSA) is 55.1 Å². The quantitative estimate of drug-likeness (QED) is 0.927. The lowest BCUT2D eigenvalue weighted by Gasteiger charge is -2.12. The fourth-order valence-electron chi connectivity index (χ4n) is 2.20. The summed E-state index contributed by atoms with van der Waals surface area (Å²) in [7, 11) is 0. The van der Waals surface area contributed by atoms with E-state index in [1.165, 1.54) is 0 Å². The number of aromatic nitrogens is 1. The fourth-order valence-corrected chi connectivity index (χ4v) is 2.20. The van der Waals surface area contributed by atoms with Crippen molar-refractivity contribution in [3.8, 4) is 0 Å². The Bertz CT molecular complexity index is 666. The molecule has 22 heavy (non-hydrogen) atoms. The minimum atomic E-state index is -0.158. The molecule has 1 N–H and O–H groups in total. The zero-order valence-corrected chi connectivity index (χ0v) is 14.0. The highest BCUT2D eigenvalue weighted by Crippen LogP contribution is 2.24. The lowest BCUT2D eigenvalue weighted by atomic mass is 9.97. The van der Waals surface area contributed by atoms with Crippen LogP contribution < -0.4 is 5.32 Å². The summed E-state index contributed by atoms with van der Waals surface area (Å²) in [5, 5.41) is 2.96. The molecule has 4 nitrogen and oxygen atoms in total. The summed E-state index contributed by atoms with van der Waals surface area (Å²) in [5.41, 5.74) is 2.61. The van der Waals surface area contributed by atoms with Crippen LogP contribution in [0.2, 0.25) is 0 Å². The maximum atomic E-state index is 12.3. The van der Waals surface area contributed by atoms with E-state index >= 15 is 0 Å². The van der Waals surface area contributed by atoms with Crippen molar-refractivity contribution in [2.45, 2.75) is 52.9 Å². The van der Waals surface area contributed by atoms with Gasteiger partial charge in [0.25, 0.3) is 0 Å². The molecule has 0 spiro atoms. The molecule has 1 aromatic heterocycles. The number of para-hydroxylation sites is 1. The first-order valence-corrected chi connectivity index (χ1v) is 7.65. The molecule has 1 heterocycles. The third kappa shape index (κ3) is 3.75. The molecule has 0 atom stereocenters. The van der Waals surface area contributed by atoms with Gasteiger partial charge in [0, 0.05) is 11.1 Å². The fraction of sp³-hybridized carbons (Fsp3) is 0.444. The van der Waals surface area contributed by atoms with Crippen LogP contribution in [-0.2, 0) is 23.1 Å². The average molecular weight is 300 g/mol. The van der Waals surface area contributed by atoms with E-state index in [4.69, 9.17) is 4.42 Å². The zero-order chi connectivity index (χ0) is 16.3. The second-order valence-corrected chi connectivity index (χ2v) is 6.51. The van der Waals surface area contributed by atoms with Crippen LogP contribution in [0, 0.1) is 6.92 Å². The van der Waals surface area contributed by atoms with Gasteiger partial charge in [0.05, 0.1) is 12.1 Å². The molecule has 2 aromatic rings. The van der Waals surface area contributed by atoms with Crippen molar-refractivity contribution in [3.63, 3.8) is 0 Å². The Balaban J connectivity index is 2.11. The molecule has 0 aliphatic carbocycles. The van der Waals surface area contributed by atoms with Gasteiger partial charge in [0.1, 0.15) is 5.76 Å². The summed E-state index contributed by atoms with van der Waals surface area (Å²) >= 11 is 0. The number of carbonyl (C=O) groups excluding carboxylic acids is 1. The molecule has 0 aliphatic rings. The Labute approximate surface area is 131 Å². The first-order chi connectivity index (χ1) is 10.3. The molecule has 0 fully saturated rings. The van der Waals surface area contributed by atoms with Crippen LogP contribution in [0.1, 0.15) is 50.6 Å². The second kappa shape index (κ2) is 6.34. The van der Waals surface area contributed by atoms with Gasteiger partial charge in [0.15, 0.2) is 5.89 Å². The summed E-state index contributed by atoms with van der Waals surface area (Å²) in [6, 6.07) is 7.84. The largest absolute Gasteiger partial charge is 0.444 e. The van der Waals surface area contributed by atoms with Crippen molar-refractivity contribution in [3.05, 3.63) is 47.2 Å². The molecule has 1 amide bonds. The minimum absolute atomic E-state index is 0.0828. The monoisotopic (exact) mass is 300 g/mol. The summed E-state index contributed by atoms with van der Waals surface area (Å²) < 4.78 is 5.77. The van der Waals surface area contributed by atoms with Crippen molar-refractivity contribution < 1.29 is 9.21 Å². The van der Waals surface area contributed by atoms with Gasteiger partial charge in [-0.05, 0) is 25.0 Å². The summed E-state index contributed by atoms with van der Waals surface area (Å²) in [5.74, 6) is 1.22. The van der Waals surface area contributed by atoms with E-state index < -0.39 is 0 Å². The predicted molar refractivity (Wildman–Crippen MR) is 88.1 cm³/mol. The number of amides is 1. The lowest BCUT2D eigenvalue weighted by molar-refractivity contribution is -0.115. The molecule has 0 aliphatic heterocycles. The molecule has 4 heteroatoms. The first kappa shape index (κ1) is 16.3. The Kier molecular flexibility index (Phi) is 4.69. The highest BCUT2D eigenvalue weighted by Gasteiger charge is 2.23. The Morgan fingerprint density at radius 2 is 1.95 bits per heavy atom.